The number of hydrogen-bond acceptors (Lipinski definition) is 10. The summed E-state index contributed by atoms with van der Waals surface area (Å²) in [7, 11) is 1.62. The second-order valence-corrected chi connectivity index (χ2v) is 17.8. The van der Waals surface area contributed by atoms with Crippen LogP contribution in [0.3, 0.4) is 0 Å². The summed E-state index contributed by atoms with van der Waals surface area (Å²) in [6, 6.07) is 16.0. The molecule has 60 heavy (non-hydrogen) atoms. The van der Waals surface area contributed by atoms with Crippen molar-refractivity contribution in [2.45, 2.75) is 91.0 Å². The average molecular weight is 818 g/mol. The lowest BCUT2D eigenvalue weighted by atomic mass is 9.94. The van der Waals surface area contributed by atoms with E-state index in [9.17, 15) is 14.4 Å². The summed E-state index contributed by atoms with van der Waals surface area (Å²) in [4.78, 5) is 53.8. The molecule has 14 heteroatoms. The summed E-state index contributed by atoms with van der Waals surface area (Å²) >= 11 is 0. The molecule has 3 saturated heterocycles. The monoisotopic (exact) mass is 817 g/mol. The van der Waals surface area contributed by atoms with Crippen LogP contribution in [-0.4, -0.2) is 106 Å². The summed E-state index contributed by atoms with van der Waals surface area (Å²) in [5, 5.41) is 8.17. The largest absolute Gasteiger partial charge is 0.497 e. The van der Waals surface area contributed by atoms with Crippen molar-refractivity contribution in [3.05, 3.63) is 89.4 Å². The first kappa shape index (κ1) is 41.1. The van der Waals surface area contributed by atoms with Crippen LogP contribution in [0.25, 0.3) is 0 Å². The van der Waals surface area contributed by atoms with Gasteiger partial charge >= 0.3 is 12.1 Å². The fraction of sp³-hybridized carbons (Fsp3) is 0.500. The van der Waals surface area contributed by atoms with Gasteiger partial charge in [0.25, 0.3) is 0 Å². The summed E-state index contributed by atoms with van der Waals surface area (Å²) < 4.78 is 13.0. The van der Waals surface area contributed by atoms with E-state index < -0.39 is 5.60 Å². The number of carbonyl (C=O) groups excluding carboxylic acids is 3. The van der Waals surface area contributed by atoms with Gasteiger partial charge in [-0.3, -0.25) is 19.3 Å². The van der Waals surface area contributed by atoms with Crippen LogP contribution in [0.1, 0.15) is 81.2 Å². The van der Waals surface area contributed by atoms with Crippen LogP contribution >= 0.6 is 0 Å². The van der Waals surface area contributed by atoms with Gasteiger partial charge in [0.05, 0.1) is 31.6 Å². The zero-order valence-corrected chi connectivity index (χ0v) is 35.7. The van der Waals surface area contributed by atoms with Gasteiger partial charge in [0.1, 0.15) is 17.2 Å². The van der Waals surface area contributed by atoms with Crippen molar-refractivity contribution in [1.82, 2.24) is 29.5 Å². The number of aryl methyl sites for hydroxylation is 1. The van der Waals surface area contributed by atoms with Gasteiger partial charge in [-0.05, 0) is 124 Å². The molecule has 2 aromatic heterocycles. The van der Waals surface area contributed by atoms with Gasteiger partial charge in [0, 0.05) is 82.5 Å². The molecule has 0 aliphatic carbocycles. The maximum Gasteiger partial charge on any atom is 0.410 e. The number of pyridine rings is 1. The highest BCUT2D eigenvalue weighted by Crippen LogP contribution is 2.33. The number of fused-ring (bicyclic) bond motifs is 1. The molecule has 4 aliphatic rings. The average Bonchev–Trinajstić information content (AvgIpc) is 3.71. The number of ether oxygens (including phenoxy) is 2. The Labute approximate surface area is 353 Å². The van der Waals surface area contributed by atoms with E-state index in [0.717, 1.165) is 110 Å². The number of aromatic nitrogens is 3. The Balaban J connectivity index is 0.783. The number of anilines is 4. The number of urea groups is 1. The van der Waals surface area contributed by atoms with E-state index >= 15 is 0 Å². The van der Waals surface area contributed by atoms with E-state index in [1.165, 1.54) is 10.6 Å². The van der Waals surface area contributed by atoms with Crippen molar-refractivity contribution in [2.75, 3.05) is 68.0 Å². The quantitative estimate of drug-likeness (QED) is 0.171. The van der Waals surface area contributed by atoms with Gasteiger partial charge in [-0.25, -0.2) is 14.6 Å². The number of likely N-dealkylation sites (tertiary alicyclic amines) is 1. The molecule has 6 heterocycles. The van der Waals surface area contributed by atoms with Crippen LogP contribution in [0, 0.1) is 12.8 Å². The van der Waals surface area contributed by atoms with Gasteiger partial charge in [0.2, 0.25) is 5.91 Å². The Bertz CT molecular complexity index is 2170. The molecule has 14 nitrogen and oxygen atoms in total. The van der Waals surface area contributed by atoms with E-state index in [-0.39, 0.29) is 24.6 Å². The number of piperidine rings is 2. The second-order valence-electron chi connectivity index (χ2n) is 17.8. The lowest BCUT2D eigenvalue weighted by molar-refractivity contribution is -0.129. The maximum absolute atomic E-state index is 13.6. The van der Waals surface area contributed by atoms with E-state index in [1.54, 1.807) is 16.9 Å². The first-order valence-electron chi connectivity index (χ1n) is 21.5. The number of imide groups is 1. The van der Waals surface area contributed by atoms with Gasteiger partial charge in [-0.2, -0.15) is 5.10 Å². The number of carbonyl (C=O) groups is 3. The van der Waals surface area contributed by atoms with Crippen LogP contribution in [0.4, 0.5) is 32.5 Å². The standard InChI is InChI=1S/C46H59N9O5/c1-32-24-39(8-11-41(32)53-23-17-43(56)54(44(53)57)29-33-6-9-40(59-5)10-7-33)51-20-12-34(13-21-51)28-50-18-15-38(16-19-50)55-31-37(27-48-55)49-42-25-36-30-52(22-14-35(36)26-47-42)45(58)60-46(2,3)4/h6-11,24-27,31,34,38H,12-23,28-30H2,1-5H3,(H,47,49). The van der Waals surface area contributed by atoms with Gasteiger partial charge in [0.15, 0.2) is 0 Å². The SMILES string of the molecule is COc1ccc(CN2C(=O)CCN(c3ccc(N4CCC(CN5CCC(n6cc(Nc7cc8c(cn7)CCN(C(=O)OC(C)(C)C)C8)cn6)CC5)CC4)cc3C)C2=O)cc1. The number of nitrogens with one attached hydrogen (secondary N) is 1. The topological polar surface area (TPSA) is 129 Å². The van der Waals surface area contributed by atoms with E-state index in [2.05, 4.69) is 50.0 Å². The third kappa shape index (κ3) is 9.54. The Morgan fingerprint density at radius 1 is 0.883 bits per heavy atom. The number of rotatable bonds is 10. The molecule has 4 aromatic rings. The van der Waals surface area contributed by atoms with E-state index in [1.807, 2.05) is 69.6 Å². The zero-order valence-electron chi connectivity index (χ0n) is 35.7. The first-order valence-corrected chi connectivity index (χ1v) is 21.5. The fourth-order valence-electron chi connectivity index (χ4n) is 8.97. The molecule has 0 saturated carbocycles. The van der Waals surface area contributed by atoms with Crippen molar-refractivity contribution < 1.29 is 23.9 Å². The van der Waals surface area contributed by atoms with Crippen LogP contribution in [-0.2, 0) is 29.0 Å². The molecule has 8 rings (SSSR count). The molecule has 318 valence electrons. The number of nitrogens with zero attached hydrogens (tertiary/aromatic N) is 8. The van der Waals surface area contributed by atoms with Crippen molar-refractivity contribution in [1.29, 1.82) is 0 Å². The zero-order chi connectivity index (χ0) is 42.0. The Morgan fingerprint density at radius 3 is 2.37 bits per heavy atom. The molecule has 3 fully saturated rings. The Kier molecular flexibility index (Phi) is 12.0. The molecule has 1 N–H and O–H groups in total. The summed E-state index contributed by atoms with van der Waals surface area (Å²) in [5.41, 5.74) is 6.60. The predicted molar refractivity (Wildman–Crippen MR) is 232 cm³/mol. The third-order valence-electron chi connectivity index (χ3n) is 12.3. The van der Waals surface area contributed by atoms with Crippen molar-refractivity contribution in [2.24, 2.45) is 5.92 Å². The molecule has 4 amide bonds. The minimum absolute atomic E-state index is 0.147. The van der Waals surface area contributed by atoms with Crippen LogP contribution in [0.5, 0.6) is 5.75 Å². The summed E-state index contributed by atoms with van der Waals surface area (Å²) in [6.45, 7) is 14.8. The van der Waals surface area contributed by atoms with E-state index in [0.29, 0.717) is 38.0 Å². The van der Waals surface area contributed by atoms with Crippen molar-refractivity contribution >= 4 is 40.9 Å². The van der Waals surface area contributed by atoms with Crippen molar-refractivity contribution in [3.8, 4) is 5.75 Å². The fourth-order valence-corrected chi connectivity index (χ4v) is 8.97. The molecule has 0 radical (unpaired) electrons. The highest BCUT2D eigenvalue weighted by atomic mass is 16.6. The lowest BCUT2D eigenvalue weighted by Gasteiger charge is -2.39. The Hall–Kier alpha value is -5.63. The highest BCUT2D eigenvalue weighted by Gasteiger charge is 2.34. The predicted octanol–water partition coefficient (Wildman–Crippen LogP) is 7.54. The molecule has 0 bridgehead atoms. The van der Waals surface area contributed by atoms with Crippen LogP contribution in [0.2, 0.25) is 0 Å². The van der Waals surface area contributed by atoms with E-state index in [4.69, 9.17) is 14.6 Å². The number of benzene rings is 2. The lowest BCUT2D eigenvalue weighted by Crippen LogP contribution is -2.52. The third-order valence-corrected chi connectivity index (χ3v) is 12.3. The molecule has 0 spiro atoms. The van der Waals surface area contributed by atoms with Crippen LogP contribution in [0.15, 0.2) is 67.1 Å². The minimum atomic E-state index is -0.525. The normalized spacial score (nSPS) is 18.5. The molecular formula is C46H59N9O5. The van der Waals surface area contributed by atoms with Crippen LogP contribution < -0.4 is 19.9 Å². The maximum atomic E-state index is 13.6. The van der Waals surface area contributed by atoms with Gasteiger partial charge in [-0.1, -0.05) is 12.1 Å². The molecular weight excluding hydrogens is 759 g/mol. The highest BCUT2D eigenvalue weighted by molar-refractivity contribution is 6.06. The smallest absolute Gasteiger partial charge is 0.410 e. The number of methoxy groups -OCH3 is 1. The van der Waals surface area contributed by atoms with Gasteiger partial charge < -0.3 is 29.5 Å². The first-order chi connectivity index (χ1) is 28.9. The Morgan fingerprint density at radius 2 is 1.65 bits per heavy atom. The molecule has 0 atom stereocenters. The molecule has 2 aromatic carbocycles. The number of hydrogen-bond donors (Lipinski definition) is 1. The molecule has 4 aliphatic heterocycles. The van der Waals surface area contributed by atoms with Crippen molar-refractivity contribution in [3.63, 3.8) is 0 Å². The van der Waals surface area contributed by atoms with Gasteiger partial charge in [-0.15, -0.1) is 0 Å². The summed E-state index contributed by atoms with van der Waals surface area (Å²) in [6.07, 6.45) is 11.1. The second kappa shape index (κ2) is 17.5. The molecule has 0 unspecified atom stereocenters. The summed E-state index contributed by atoms with van der Waals surface area (Å²) in [5.74, 6) is 2.00. The number of amides is 4. The minimum Gasteiger partial charge on any atom is -0.497 e.